The summed E-state index contributed by atoms with van der Waals surface area (Å²) < 4.78 is 35.4. The van der Waals surface area contributed by atoms with Crippen LogP contribution in [0.1, 0.15) is 0 Å². The third-order valence-corrected chi connectivity index (χ3v) is 1.11. The van der Waals surface area contributed by atoms with Gasteiger partial charge in [-0.15, -0.1) is 0 Å². The van der Waals surface area contributed by atoms with Crippen molar-refractivity contribution in [3.05, 3.63) is 11.8 Å². The Hall–Kier alpha value is -1.53. The van der Waals surface area contributed by atoms with E-state index in [-0.39, 0.29) is 0 Å². The lowest BCUT2D eigenvalue weighted by molar-refractivity contribution is -0.299. The van der Waals surface area contributed by atoms with Crippen molar-refractivity contribution < 1.29 is 27.9 Å². The van der Waals surface area contributed by atoms with Crippen LogP contribution in [0.2, 0.25) is 0 Å². The summed E-state index contributed by atoms with van der Waals surface area (Å²) in [4.78, 5) is 21.7. The Morgan fingerprint density at radius 1 is 1.29 bits per heavy atom. The molecule has 0 aromatic heterocycles. The van der Waals surface area contributed by atoms with E-state index in [1.165, 1.54) is 14.1 Å². The molecule has 4 nitrogen and oxygen atoms in total. The molecule has 14 heavy (non-hydrogen) atoms. The van der Waals surface area contributed by atoms with Gasteiger partial charge in [-0.1, -0.05) is 0 Å². The van der Waals surface area contributed by atoms with Gasteiger partial charge in [-0.2, -0.15) is 13.2 Å². The molecule has 0 aliphatic rings. The summed E-state index contributed by atoms with van der Waals surface area (Å²) in [6.07, 6.45) is -4.66. The number of halogens is 3. The predicted octanol–water partition coefficient (Wildman–Crippen LogP) is -0.687. The van der Waals surface area contributed by atoms with Gasteiger partial charge in [-0.05, 0) is 0 Å². The summed E-state index contributed by atoms with van der Waals surface area (Å²) in [5.74, 6) is -4.58. The van der Waals surface area contributed by atoms with E-state index in [0.29, 0.717) is 6.20 Å². The summed E-state index contributed by atoms with van der Waals surface area (Å²) >= 11 is 0. The lowest BCUT2D eigenvalue weighted by Crippen LogP contribution is -2.36. The van der Waals surface area contributed by atoms with Gasteiger partial charge < -0.3 is 14.8 Å². The number of alkyl halides is 3. The lowest BCUT2D eigenvalue weighted by atomic mass is 10.2. The zero-order chi connectivity index (χ0) is 11.5. The molecule has 0 bridgehead atoms. The van der Waals surface area contributed by atoms with Crippen molar-refractivity contribution >= 4 is 11.8 Å². The maximum absolute atomic E-state index is 11.8. The van der Waals surface area contributed by atoms with Crippen LogP contribution in [-0.2, 0) is 9.59 Å². The number of rotatable bonds is 3. The van der Waals surface area contributed by atoms with Gasteiger partial charge in [-0.3, -0.25) is 4.79 Å². The molecule has 0 aliphatic carbocycles. The zero-order valence-electron chi connectivity index (χ0n) is 7.38. The fourth-order valence-corrected chi connectivity index (χ4v) is 0.615. The van der Waals surface area contributed by atoms with Gasteiger partial charge in [0.05, 0.1) is 11.5 Å². The molecule has 0 amide bonds. The van der Waals surface area contributed by atoms with E-state index in [4.69, 9.17) is 0 Å². The van der Waals surface area contributed by atoms with Crippen LogP contribution in [-0.4, -0.2) is 36.9 Å². The molecule has 0 N–H and O–H groups in total. The van der Waals surface area contributed by atoms with E-state index in [9.17, 15) is 27.9 Å². The van der Waals surface area contributed by atoms with Crippen molar-refractivity contribution in [1.82, 2.24) is 4.90 Å². The van der Waals surface area contributed by atoms with Crippen LogP contribution < -0.4 is 5.11 Å². The number of carboxylic acids is 1. The molecule has 7 heteroatoms. The molecule has 0 aromatic rings. The molecule has 0 aliphatic heterocycles. The highest BCUT2D eigenvalue weighted by molar-refractivity contribution is 6.17. The number of ketones is 1. The van der Waals surface area contributed by atoms with Crippen LogP contribution >= 0.6 is 0 Å². The van der Waals surface area contributed by atoms with Gasteiger partial charge in [0.2, 0.25) is 0 Å². The molecule has 0 rings (SSSR count). The Morgan fingerprint density at radius 3 is 1.93 bits per heavy atom. The van der Waals surface area contributed by atoms with E-state index >= 15 is 0 Å². The fourth-order valence-electron chi connectivity index (χ4n) is 0.615. The maximum atomic E-state index is 11.8. The zero-order valence-corrected chi connectivity index (χ0v) is 7.38. The molecule has 0 spiro atoms. The standard InChI is InChI=1S/C7H8F3NO3/c1-11(2)3-4(6(13)14)5(12)7(8,9)10/h3H,1-2H3,(H,13,14)/p-1. The molecule has 0 atom stereocenters. The SMILES string of the molecule is CN(C)C=C(C(=O)[O-])C(=O)C(F)(F)F. The van der Waals surface area contributed by atoms with Gasteiger partial charge in [0.15, 0.2) is 0 Å². The van der Waals surface area contributed by atoms with Gasteiger partial charge in [0.1, 0.15) is 0 Å². The van der Waals surface area contributed by atoms with Crippen molar-refractivity contribution in [3.63, 3.8) is 0 Å². The van der Waals surface area contributed by atoms with E-state index in [0.717, 1.165) is 4.90 Å². The first-order chi connectivity index (χ1) is 6.16. The van der Waals surface area contributed by atoms with Crippen LogP contribution in [0.15, 0.2) is 11.8 Å². The average Bonchev–Trinajstić information content (AvgIpc) is 1.96. The normalized spacial score (nSPS) is 12.5. The van der Waals surface area contributed by atoms with Crippen LogP contribution in [0.25, 0.3) is 0 Å². The highest BCUT2D eigenvalue weighted by Crippen LogP contribution is 2.20. The van der Waals surface area contributed by atoms with Crippen molar-refractivity contribution in [2.75, 3.05) is 14.1 Å². The molecule has 0 radical (unpaired) electrons. The van der Waals surface area contributed by atoms with Gasteiger partial charge in [0, 0.05) is 20.3 Å². The Morgan fingerprint density at radius 2 is 1.71 bits per heavy atom. The van der Waals surface area contributed by atoms with Crippen LogP contribution in [0.3, 0.4) is 0 Å². The number of aliphatic carboxylic acids is 1. The number of nitrogens with zero attached hydrogens (tertiary/aromatic N) is 1. The van der Waals surface area contributed by atoms with E-state index in [1.54, 1.807) is 0 Å². The Bertz CT molecular complexity index is 280. The average molecular weight is 210 g/mol. The second-order valence-corrected chi connectivity index (χ2v) is 2.62. The first-order valence-electron chi connectivity index (χ1n) is 3.37. The minimum atomic E-state index is -5.21. The second kappa shape index (κ2) is 4.12. The van der Waals surface area contributed by atoms with E-state index in [2.05, 4.69) is 0 Å². The summed E-state index contributed by atoms with van der Waals surface area (Å²) in [6.45, 7) is 0. The van der Waals surface area contributed by atoms with E-state index < -0.39 is 23.5 Å². The Labute approximate surface area is 77.6 Å². The van der Waals surface area contributed by atoms with E-state index in [1.807, 2.05) is 0 Å². The molecule has 0 saturated carbocycles. The molecule has 0 saturated heterocycles. The van der Waals surface area contributed by atoms with Crippen molar-refractivity contribution in [2.24, 2.45) is 0 Å². The number of carbonyl (C=O) groups excluding carboxylic acids is 2. The van der Waals surface area contributed by atoms with Gasteiger partial charge in [0.25, 0.3) is 5.78 Å². The maximum Gasteiger partial charge on any atom is 0.454 e. The number of carboxylic acid groups (broad SMARTS) is 1. The smallest absolute Gasteiger partial charge is 0.454 e. The highest BCUT2D eigenvalue weighted by atomic mass is 19.4. The number of hydrogen-bond donors (Lipinski definition) is 0. The third-order valence-electron chi connectivity index (χ3n) is 1.11. The summed E-state index contributed by atoms with van der Waals surface area (Å²) in [7, 11) is 2.57. The molecule has 80 valence electrons. The van der Waals surface area contributed by atoms with Crippen molar-refractivity contribution in [3.8, 4) is 0 Å². The van der Waals surface area contributed by atoms with Crippen molar-refractivity contribution in [2.45, 2.75) is 6.18 Å². The fraction of sp³-hybridized carbons (Fsp3) is 0.429. The van der Waals surface area contributed by atoms with Crippen molar-refractivity contribution in [1.29, 1.82) is 0 Å². The quantitative estimate of drug-likeness (QED) is 0.351. The molecule has 0 aromatic carbocycles. The number of carbonyl (C=O) groups is 2. The number of Topliss-reactive ketones (excluding diaryl/α,β-unsaturated/α-hetero) is 1. The van der Waals surface area contributed by atoms with Gasteiger partial charge in [-0.25, -0.2) is 0 Å². The van der Waals surface area contributed by atoms with Crippen LogP contribution in [0.5, 0.6) is 0 Å². The third kappa shape index (κ3) is 3.46. The van der Waals surface area contributed by atoms with Crippen LogP contribution in [0.4, 0.5) is 13.2 Å². The second-order valence-electron chi connectivity index (χ2n) is 2.62. The molecule has 0 fully saturated rings. The first kappa shape index (κ1) is 12.5. The largest absolute Gasteiger partial charge is 0.545 e. The lowest BCUT2D eigenvalue weighted by Gasteiger charge is -2.13. The molecular formula is C7H7F3NO3-. The Kier molecular flexibility index (Phi) is 3.67. The first-order valence-corrected chi connectivity index (χ1v) is 3.37. The van der Waals surface area contributed by atoms with Crippen LogP contribution in [0, 0.1) is 0 Å². The molecular weight excluding hydrogens is 203 g/mol. The molecule has 0 unspecified atom stereocenters. The number of hydrogen-bond acceptors (Lipinski definition) is 4. The predicted molar refractivity (Wildman–Crippen MR) is 37.8 cm³/mol. The Balaban J connectivity index is 5.06. The molecule has 0 heterocycles. The topological polar surface area (TPSA) is 60.4 Å². The summed E-state index contributed by atoms with van der Waals surface area (Å²) in [6, 6.07) is 0. The summed E-state index contributed by atoms with van der Waals surface area (Å²) in [5, 5.41) is 10.2. The minimum Gasteiger partial charge on any atom is -0.545 e. The summed E-state index contributed by atoms with van der Waals surface area (Å²) in [5.41, 5.74) is -1.41. The van der Waals surface area contributed by atoms with Gasteiger partial charge >= 0.3 is 6.18 Å². The monoisotopic (exact) mass is 210 g/mol. The highest BCUT2D eigenvalue weighted by Gasteiger charge is 2.41. The minimum absolute atomic E-state index is 0.547.